The van der Waals surface area contributed by atoms with Crippen LogP contribution in [0.4, 0.5) is 0 Å². The van der Waals surface area contributed by atoms with Crippen LogP contribution < -0.4 is 5.32 Å². The molecule has 0 spiro atoms. The first-order chi connectivity index (χ1) is 12.1. The Bertz CT molecular complexity index is 890. The van der Waals surface area contributed by atoms with Gasteiger partial charge in [-0.2, -0.15) is 0 Å². The van der Waals surface area contributed by atoms with Gasteiger partial charge >= 0.3 is 5.97 Å². The van der Waals surface area contributed by atoms with Crippen LogP contribution in [-0.2, 0) is 16.0 Å². The average Bonchev–Trinajstić information content (AvgIpc) is 3.14. The van der Waals surface area contributed by atoms with E-state index in [1.54, 1.807) is 29.5 Å². The minimum atomic E-state index is -0.725. The molecule has 0 bridgehead atoms. The molecule has 0 saturated carbocycles. The number of nitrogens with one attached hydrogen (secondary N) is 1. The van der Waals surface area contributed by atoms with Crippen molar-refractivity contribution < 1.29 is 19.4 Å². The first kappa shape index (κ1) is 17.0. The van der Waals surface area contributed by atoms with Gasteiger partial charge in [0.2, 0.25) is 0 Å². The van der Waals surface area contributed by atoms with Crippen LogP contribution in [0, 0.1) is 0 Å². The number of phenolic OH excluding ortho intramolecular Hbond substituents is 1. The van der Waals surface area contributed by atoms with Gasteiger partial charge in [-0.15, -0.1) is 11.3 Å². The zero-order valence-electron chi connectivity index (χ0n) is 13.4. The van der Waals surface area contributed by atoms with E-state index in [0.29, 0.717) is 11.9 Å². The zero-order valence-corrected chi connectivity index (χ0v) is 14.2. The Hall–Kier alpha value is -2.86. The van der Waals surface area contributed by atoms with Gasteiger partial charge in [0.25, 0.3) is 5.91 Å². The SMILES string of the molecule is O=C(COC(=O)c1ccc2ccccc2c1O)NCCc1cccs1. The Morgan fingerprint density at radius 2 is 1.92 bits per heavy atom. The first-order valence-corrected chi connectivity index (χ1v) is 8.70. The van der Waals surface area contributed by atoms with E-state index < -0.39 is 5.97 Å². The molecule has 0 aliphatic rings. The van der Waals surface area contributed by atoms with Crippen LogP contribution >= 0.6 is 11.3 Å². The lowest BCUT2D eigenvalue weighted by Crippen LogP contribution is -2.30. The summed E-state index contributed by atoms with van der Waals surface area (Å²) in [6, 6.07) is 14.4. The minimum Gasteiger partial charge on any atom is -0.506 e. The Kier molecular flexibility index (Phi) is 5.30. The van der Waals surface area contributed by atoms with Crippen molar-refractivity contribution in [3.63, 3.8) is 0 Å². The van der Waals surface area contributed by atoms with E-state index in [0.717, 1.165) is 11.8 Å². The quantitative estimate of drug-likeness (QED) is 0.666. The fourth-order valence-corrected chi connectivity index (χ4v) is 3.17. The molecule has 3 aromatic rings. The topological polar surface area (TPSA) is 75.6 Å². The lowest BCUT2D eigenvalue weighted by Gasteiger charge is -2.09. The Morgan fingerprint density at radius 3 is 2.72 bits per heavy atom. The number of esters is 1. The number of ether oxygens (including phenoxy) is 1. The predicted molar refractivity (Wildman–Crippen MR) is 96.9 cm³/mol. The summed E-state index contributed by atoms with van der Waals surface area (Å²) in [5, 5.41) is 16.3. The third kappa shape index (κ3) is 4.16. The molecule has 6 heteroatoms. The van der Waals surface area contributed by atoms with Crippen molar-refractivity contribution in [3.05, 3.63) is 64.4 Å². The molecule has 1 amide bonds. The molecular formula is C19H17NO4S. The van der Waals surface area contributed by atoms with E-state index in [-0.39, 0.29) is 23.8 Å². The maximum Gasteiger partial charge on any atom is 0.342 e. The molecule has 0 saturated heterocycles. The van der Waals surface area contributed by atoms with Crippen molar-refractivity contribution in [3.8, 4) is 5.75 Å². The summed E-state index contributed by atoms with van der Waals surface area (Å²) in [6.07, 6.45) is 0.739. The standard InChI is InChI=1S/C19H17NO4S/c21-17(20-10-9-14-5-3-11-25-14)12-24-19(23)16-8-7-13-4-1-2-6-15(13)18(16)22/h1-8,11,22H,9-10,12H2,(H,20,21). The normalized spacial score (nSPS) is 10.6. The van der Waals surface area contributed by atoms with Crippen LogP contribution in [0.1, 0.15) is 15.2 Å². The molecule has 2 N–H and O–H groups in total. The van der Waals surface area contributed by atoms with Crippen LogP contribution in [0.25, 0.3) is 10.8 Å². The maximum absolute atomic E-state index is 12.1. The highest BCUT2D eigenvalue weighted by molar-refractivity contribution is 7.09. The Morgan fingerprint density at radius 1 is 1.08 bits per heavy atom. The second kappa shape index (κ2) is 7.81. The molecule has 0 aliphatic heterocycles. The van der Waals surface area contributed by atoms with E-state index in [1.807, 2.05) is 29.6 Å². The molecule has 0 aliphatic carbocycles. The van der Waals surface area contributed by atoms with Crippen molar-refractivity contribution in [2.45, 2.75) is 6.42 Å². The monoisotopic (exact) mass is 355 g/mol. The summed E-state index contributed by atoms with van der Waals surface area (Å²) >= 11 is 1.63. The molecule has 25 heavy (non-hydrogen) atoms. The van der Waals surface area contributed by atoms with Crippen molar-refractivity contribution in [2.24, 2.45) is 0 Å². The Labute approximate surface area is 148 Å². The van der Waals surface area contributed by atoms with E-state index in [9.17, 15) is 14.7 Å². The fraction of sp³-hybridized carbons (Fsp3) is 0.158. The molecule has 1 heterocycles. The van der Waals surface area contributed by atoms with Gasteiger partial charge in [-0.05, 0) is 29.3 Å². The highest BCUT2D eigenvalue weighted by Crippen LogP contribution is 2.28. The molecule has 0 fully saturated rings. The lowest BCUT2D eigenvalue weighted by molar-refractivity contribution is -0.124. The molecule has 0 radical (unpaired) electrons. The minimum absolute atomic E-state index is 0.0464. The van der Waals surface area contributed by atoms with Crippen molar-refractivity contribution >= 4 is 34.0 Å². The number of hydrogen-bond donors (Lipinski definition) is 2. The van der Waals surface area contributed by atoms with Crippen LogP contribution in [0.3, 0.4) is 0 Å². The third-order valence-electron chi connectivity index (χ3n) is 3.73. The molecule has 0 atom stereocenters. The van der Waals surface area contributed by atoms with E-state index in [2.05, 4.69) is 5.32 Å². The summed E-state index contributed by atoms with van der Waals surface area (Å²) in [7, 11) is 0. The van der Waals surface area contributed by atoms with Crippen molar-refractivity contribution in [1.82, 2.24) is 5.32 Å². The smallest absolute Gasteiger partial charge is 0.342 e. The molecular weight excluding hydrogens is 338 g/mol. The van der Waals surface area contributed by atoms with E-state index in [4.69, 9.17) is 4.74 Å². The number of aromatic hydroxyl groups is 1. The molecule has 1 aromatic heterocycles. The summed E-state index contributed by atoms with van der Waals surface area (Å²) < 4.78 is 5.00. The number of hydrogen-bond acceptors (Lipinski definition) is 5. The van der Waals surface area contributed by atoms with Gasteiger partial charge in [-0.25, -0.2) is 4.79 Å². The number of thiophene rings is 1. The highest BCUT2D eigenvalue weighted by Gasteiger charge is 2.16. The Balaban J connectivity index is 1.53. The van der Waals surface area contributed by atoms with Gasteiger partial charge in [0.1, 0.15) is 11.3 Å². The third-order valence-corrected chi connectivity index (χ3v) is 4.66. The number of amides is 1. The van der Waals surface area contributed by atoms with Gasteiger partial charge < -0.3 is 15.2 Å². The maximum atomic E-state index is 12.1. The molecule has 3 rings (SSSR count). The van der Waals surface area contributed by atoms with Crippen LogP contribution in [0.5, 0.6) is 5.75 Å². The largest absolute Gasteiger partial charge is 0.506 e. The van der Waals surface area contributed by atoms with E-state index in [1.165, 1.54) is 10.9 Å². The number of carbonyl (C=O) groups is 2. The van der Waals surface area contributed by atoms with Gasteiger partial charge in [-0.1, -0.05) is 36.4 Å². The lowest BCUT2D eigenvalue weighted by atomic mass is 10.1. The number of fused-ring (bicyclic) bond motifs is 1. The highest BCUT2D eigenvalue weighted by atomic mass is 32.1. The molecule has 128 valence electrons. The second-order valence-corrected chi connectivity index (χ2v) is 6.47. The molecule has 5 nitrogen and oxygen atoms in total. The fourth-order valence-electron chi connectivity index (χ4n) is 2.46. The second-order valence-electron chi connectivity index (χ2n) is 5.44. The van der Waals surface area contributed by atoms with E-state index >= 15 is 0 Å². The summed E-state index contributed by atoms with van der Waals surface area (Å²) in [5.41, 5.74) is 0.0464. The van der Waals surface area contributed by atoms with Crippen LogP contribution in [0.15, 0.2) is 53.9 Å². The van der Waals surface area contributed by atoms with Crippen molar-refractivity contribution in [2.75, 3.05) is 13.2 Å². The predicted octanol–water partition coefficient (Wildman–Crippen LogP) is 3.12. The van der Waals surface area contributed by atoms with Gasteiger partial charge in [0.15, 0.2) is 6.61 Å². The first-order valence-electron chi connectivity index (χ1n) is 7.82. The van der Waals surface area contributed by atoms with Gasteiger partial charge in [0.05, 0.1) is 0 Å². The summed E-state index contributed by atoms with van der Waals surface area (Å²) in [6.45, 7) is 0.105. The number of carbonyl (C=O) groups excluding carboxylic acids is 2. The van der Waals surface area contributed by atoms with Crippen LogP contribution in [0.2, 0.25) is 0 Å². The summed E-state index contributed by atoms with van der Waals surface area (Å²) in [4.78, 5) is 25.0. The number of phenols is 1. The zero-order chi connectivity index (χ0) is 17.6. The summed E-state index contributed by atoms with van der Waals surface area (Å²) in [5.74, 6) is -1.23. The average molecular weight is 355 g/mol. The van der Waals surface area contributed by atoms with Gasteiger partial charge in [-0.3, -0.25) is 4.79 Å². The van der Waals surface area contributed by atoms with Crippen LogP contribution in [-0.4, -0.2) is 30.1 Å². The molecule has 2 aromatic carbocycles. The molecule has 0 unspecified atom stereocenters. The number of benzene rings is 2. The van der Waals surface area contributed by atoms with Gasteiger partial charge in [0, 0.05) is 16.8 Å². The number of rotatable bonds is 6. The van der Waals surface area contributed by atoms with Crippen molar-refractivity contribution in [1.29, 1.82) is 0 Å².